The summed E-state index contributed by atoms with van der Waals surface area (Å²) in [5, 5.41) is 5.88. The fourth-order valence-corrected chi connectivity index (χ4v) is 5.19. The maximum Gasteiger partial charge on any atom is 0.407 e. The minimum atomic E-state index is -0.583. The Kier molecular flexibility index (Phi) is 11.7. The maximum atomic E-state index is 13.3. The summed E-state index contributed by atoms with van der Waals surface area (Å²) in [6.07, 6.45) is 6.15. The van der Waals surface area contributed by atoms with Gasteiger partial charge in [-0.05, 0) is 75.3 Å². The number of thioether (sulfide) groups is 1. The number of nitrogens with one attached hydrogen (secondary N) is 2. The molecule has 0 aliphatic rings. The van der Waals surface area contributed by atoms with Crippen molar-refractivity contribution in [1.29, 1.82) is 0 Å². The monoisotopic (exact) mass is 533 g/mol. The molecule has 3 rings (SSSR count). The molecule has 2 amide bonds. The van der Waals surface area contributed by atoms with Gasteiger partial charge in [0.25, 0.3) is 0 Å². The quantitative estimate of drug-likeness (QED) is 0.279. The molecule has 7 heteroatoms. The number of pyridine rings is 1. The third-order valence-corrected chi connectivity index (χ3v) is 7.17. The third-order valence-electron chi connectivity index (χ3n) is 5.79. The number of ether oxygens (including phenoxy) is 1. The zero-order valence-electron chi connectivity index (χ0n) is 22.6. The maximum absolute atomic E-state index is 13.3. The standard InChI is InChI=1S/C31H39N3O3S/c1-31(2,3)37-30(36)34-27(21-25-11-6-4-7-12-25)23-38-28(22-26-13-8-5-9-14-26)29(35)33-18-10-15-24-16-19-32-20-17-24/h4-9,11-14,16-17,19-20,27-28H,10,15,18,21-23H2,1-3H3,(H,33,35)(H,34,36)/t27-,28+/m0/s1. The molecule has 1 heterocycles. The van der Waals surface area contributed by atoms with Crippen molar-refractivity contribution >= 4 is 23.8 Å². The summed E-state index contributed by atoms with van der Waals surface area (Å²) < 4.78 is 5.52. The Morgan fingerprint density at radius 2 is 1.47 bits per heavy atom. The molecule has 6 nitrogen and oxygen atoms in total. The predicted molar refractivity (Wildman–Crippen MR) is 155 cm³/mol. The van der Waals surface area contributed by atoms with Crippen LogP contribution in [0, 0.1) is 0 Å². The molecule has 0 aliphatic heterocycles. The summed E-state index contributed by atoms with van der Waals surface area (Å²) in [5.74, 6) is 0.597. The first-order valence-corrected chi connectivity index (χ1v) is 14.2. The number of rotatable bonds is 13. The van der Waals surface area contributed by atoms with E-state index >= 15 is 0 Å². The molecule has 3 aromatic rings. The van der Waals surface area contributed by atoms with Crippen LogP contribution < -0.4 is 10.6 Å². The van der Waals surface area contributed by atoms with Gasteiger partial charge in [-0.15, -0.1) is 11.8 Å². The molecule has 0 radical (unpaired) electrons. The highest BCUT2D eigenvalue weighted by atomic mass is 32.2. The summed E-state index contributed by atoms with van der Waals surface area (Å²) in [7, 11) is 0. The number of carbonyl (C=O) groups is 2. The number of alkyl carbamates (subject to hydrolysis) is 1. The number of aromatic nitrogens is 1. The zero-order chi connectivity index (χ0) is 27.2. The normalized spacial score (nSPS) is 12.8. The van der Waals surface area contributed by atoms with E-state index in [9.17, 15) is 9.59 Å². The lowest BCUT2D eigenvalue weighted by Crippen LogP contribution is -2.43. The molecule has 202 valence electrons. The summed E-state index contributed by atoms with van der Waals surface area (Å²) in [5.41, 5.74) is 2.85. The van der Waals surface area contributed by atoms with Crippen LogP contribution >= 0.6 is 11.8 Å². The fourth-order valence-electron chi connectivity index (χ4n) is 3.98. The van der Waals surface area contributed by atoms with E-state index in [0.29, 0.717) is 25.1 Å². The van der Waals surface area contributed by atoms with Crippen LogP contribution in [0.15, 0.2) is 85.2 Å². The highest BCUT2D eigenvalue weighted by molar-refractivity contribution is 8.00. The van der Waals surface area contributed by atoms with Crippen molar-refractivity contribution in [3.8, 4) is 0 Å². The fraction of sp³-hybridized carbons (Fsp3) is 0.387. The minimum absolute atomic E-state index is 0.0179. The Labute approximate surface area is 231 Å². The molecule has 0 bridgehead atoms. The average Bonchev–Trinajstić information content (AvgIpc) is 2.89. The molecule has 0 unspecified atom stereocenters. The first-order valence-electron chi connectivity index (χ1n) is 13.1. The lowest BCUT2D eigenvalue weighted by atomic mass is 10.1. The summed E-state index contributed by atoms with van der Waals surface area (Å²) in [6.45, 7) is 6.16. The van der Waals surface area contributed by atoms with Gasteiger partial charge >= 0.3 is 6.09 Å². The highest BCUT2D eigenvalue weighted by Gasteiger charge is 2.24. The van der Waals surface area contributed by atoms with Gasteiger partial charge in [-0.2, -0.15) is 0 Å². The Hall–Kier alpha value is -3.32. The first kappa shape index (κ1) is 29.2. The number of carbonyl (C=O) groups excluding carboxylic acids is 2. The van der Waals surface area contributed by atoms with E-state index in [2.05, 4.69) is 15.6 Å². The third kappa shape index (κ3) is 11.4. The molecular formula is C31H39N3O3S. The van der Waals surface area contributed by atoms with Crippen molar-refractivity contribution < 1.29 is 14.3 Å². The largest absolute Gasteiger partial charge is 0.444 e. The SMILES string of the molecule is CC(C)(C)OC(=O)N[C@H](CS[C@H](Cc1ccccc1)C(=O)NCCCc1ccncc1)Cc1ccccc1. The number of nitrogens with zero attached hydrogens (tertiary/aromatic N) is 1. The molecule has 0 aliphatic carbocycles. The molecule has 2 N–H and O–H groups in total. The van der Waals surface area contributed by atoms with Gasteiger partial charge < -0.3 is 15.4 Å². The van der Waals surface area contributed by atoms with Crippen molar-refractivity contribution in [2.75, 3.05) is 12.3 Å². The van der Waals surface area contributed by atoms with Gasteiger partial charge in [0, 0.05) is 30.7 Å². The Balaban J connectivity index is 1.63. The summed E-state index contributed by atoms with van der Waals surface area (Å²) >= 11 is 1.58. The van der Waals surface area contributed by atoms with Crippen LogP contribution in [0.3, 0.4) is 0 Å². The van der Waals surface area contributed by atoms with Crippen molar-refractivity contribution in [3.63, 3.8) is 0 Å². The average molecular weight is 534 g/mol. The lowest BCUT2D eigenvalue weighted by molar-refractivity contribution is -0.120. The molecule has 2 aromatic carbocycles. The van der Waals surface area contributed by atoms with Crippen LogP contribution in [-0.4, -0.2) is 46.2 Å². The Morgan fingerprint density at radius 3 is 2.08 bits per heavy atom. The second-order valence-electron chi connectivity index (χ2n) is 10.3. The molecular weight excluding hydrogens is 494 g/mol. The minimum Gasteiger partial charge on any atom is -0.444 e. The second kappa shape index (κ2) is 15.2. The Morgan fingerprint density at radius 1 is 0.868 bits per heavy atom. The highest BCUT2D eigenvalue weighted by Crippen LogP contribution is 2.20. The van der Waals surface area contributed by atoms with Gasteiger partial charge in [0.05, 0.1) is 5.25 Å². The van der Waals surface area contributed by atoms with Gasteiger partial charge in [0.2, 0.25) is 5.91 Å². The molecule has 1 aromatic heterocycles. The summed E-state index contributed by atoms with van der Waals surface area (Å²) in [6, 6.07) is 23.9. The van der Waals surface area contributed by atoms with Gasteiger partial charge in [0.1, 0.15) is 5.60 Å². The van der Waals surface area contributed by atoms with Crippen molar-refractivity contribution in [1.82, 2.24) is 15.6 Å². The van der Waals surface area contributed by atoms with Crippen molar-refractivity contribution in [3.05, 3.63) is 102 Å². The zero-order valence-corrected chi connectivity index (χ0v) is 23.4. The van der Waals surface area contributed by atoms with Crippen LogP contribution in [0.2, 0.25) is 0 Å². The molecule has 0 saturated heterocycles. The van der Waals surface area contributed by atoms with E-state index in [1.807, 2.05) is 93.6 Å². The van der Waals surface area contributed by atoms with E-state index in [1.54, 1.807) is 24.2 Å². The van der Waals surface area contributed by atoms with Crippen molar-refractivity contribution in [2.45, 2.75) is 63.3 Å². The van der Waals surface area contributed by atoms with E-state index in [1.165, 1.54) is 5.56 Å². The van der Waals surface area contributed by atoms with Crippen LogP contribution in [0.1, 0.15) is 43.9 Å². The van der Waals surface area contributed by atoms with Gasteiger partial charge in [-0.3, -0.25) is 9.78 Å². The van der Waals surface area contributed by atoms with Crippen LogP contribution in [-0.2, 0) is 28.8 Å². The van der Waals surface area contributed by atoms with Crippen LogP contribution in [0.4, 0.5) is 4.79 Å². The van der Waals surface area contributed by atoms with Gasteiger partial charge in [-0.25, -0.2) is 4.79 Å². The number of benzene rings is 2. The lowest BCUT2D eigenvalue weighted by Gasteiger charge is -2.25. The van der Waals surface area contributed by atoms with E-state index in [0.717, 1.165) is 24.0 Å². The van der Waals surface area contributed by atoms with E-state index in [-0.39, 0.29) is 17.2 Å². The Bertz CT molecular complexity index is 1110. The number of hydrogen-bond donors (Lipinski definition) is 2. The van der Waals surface area contributed by atoms with Gasteiger partial charge in [-0.1, -0.05) is 60.7 Å². The molecule has 0 fully saturated rings. The first-order chi connectivity index (χ1) is 18.3. The van der Waals surface area contributed by atoms with E-state index in [4.69, 9.17) is 4.74 Å². The number of hydrogen-bond acceptors (Lipinski definition) is 5. The smallest absolute Gasteiger partial charge is 0.407 e. The molecule has 0 spiro atoms. The molecule has 2 atom stereocenters. The van der Waals surface area contributed by atoms with Crippen LogP contribution in [0.25, 0.3) is 0 Å². The molecule has 38 heavy (non-hydrogen) atoms. The number of amides is 2. The van der Waals surface area contributed by atoms with Gasteiger partial charge in [0.15, 0.2) is 0 Å². The van der Waals surface area contributed by atoms with Crippen LogP contribution in [0.5, 0.6) is 0 Å². The summed E-state index contributed by atoms with van der Waals surface area (Å²) in [4.78, 5) is 29.9. The topological polar surface area (TPSA) is 80.3 Å². The number of aryl methyl sites for hydroxylation is 1. The predicted octanol–water partition coefficient (Wildman–Crippen LogP) is 5.61. The van der Waals surface area contributed by atoms with Crippen molar-refractivity contribution in [2.24, 2.45) is 0 Å². The molecule has 0 saturated carbocycles. The second-order valence-corrected chi connectivity index (χ2v) is 11.5. The van der Waals surface area contributed by atoms with E-state index < -0.39 is 11.7 Å².